The van der Waals surface area contributed by atoms with Gasteiger partial charge in [-0.3, -0.25) is 0 Å². The summed E-state index contributed by atoms with van der Waals surface area (Å²) in [6.07, 6.45) is 2.28. The Kier molecular flexibility index (Phi) is 5.15. The zero-order valence-electron chi connectivity index (χ0n) is 9.05. The van der Waals surface area contributed by atoms with Crippen LogP contribution < -0.4 is 11.1 Å². The summed E-state index contributed by atoms with van der Waals surface area (Å²) < 4.78 is 0. The highest BCUT2D eigenvalue weighted by Gasteiger charge is 2.10. The van der Waals surface area contributed by atoms with Crippen molar-refractivity contribution in [2.24, 2.45) is 5.73 Å². The Morgan fingerprint density at radius 2 is 2.21 bits per heavy atom. The van der Waals surface area contributed by atoms with Gasteiger partial charge in [0.1, 0.15) is 0 Å². The quantitative estimate of drug-likeness (QED) is 0.759. The van der Waals surface area contributed by atoms with Crippen molar-refractivity contribution < 1.29 is 0 Å². The van der Waals surface area contributed by atoms with Gasteiger partial charge in [0.05, 0.1) is 6.04 Å². The first-order valence-corrected chi connectivity index (χ1v) is 6.15. The molecule has 1 aromatic heterocycles. The fraction of sp³-hybridized carbons (Fsp3) is 0.636. The molecule has 2 nitrogen and oxygen atoms in total. The van der Waals surface area contributed by atoms with Crippen molar-refractivity contribution in [3.8, 4) is 0 Å². The second kappa shape index (κ2) is 6.17. The molecule has 0 aromatic carbocycles. The summed E-state index contributed by atoms with van der Waals surface area (Å²) in [4.78, 5) is 2.81. The maximum atomic E-state index is 5.74. The van der Waals surface area contributed by atoms with E-state index >= 15 is 0 Å². The third kappa shape index (κ3) is 3.08. The molecule has 3 heteroatoms. The van der Waals surface area contributed by atoms with Gasteiger partial charge >= 0.3 is 0 Å². The van der Waals surface area contributed by atoms with Crippen LogP contribution in [-0.2, 0) is 6.42 Å². The van der Waals surface area contributed by atoms with E-state index in [1.807, 2.05) is 11.3 Å². The lowest BCUT2D eigenvalue weighted by Gasteiger charge is -2.14. The van der Waals surface area contributed by atoms with Crippen molar-refractivity contribution in [2.45, 2.75) is 32.7 Å². The molecule has 1 unspecified atom stereocenters. The van der Waals surface area contributed by atoms with Crippen LogP contribution in [0.15, 0.2) is 12.1 Å². The predicted molar refractivity (Wildman–Crippen MR) is 63.8 cm³/mol. The Bertz CT molecular complexity index is 258. The van der Waals surface area contributed by atoms with Gasteiger partial charge in [-0.25, -0.2) is 0 Å². The van der Waals surface area contributed by atoms with E-state index in [0.29, 0.717) is 12.6 Å². The molecule has 0 saturated carbocycles. The minimum atomic E-state index is 0.347. The van der Waals surface area contributed by atoms with Crippen LogP contribution in [0.1, 0.15) is 36.1 Å². The summed E-state index contributed by atoms with van der Waals surface area (Å²) in [6.45, 7) is 6.09. The molecule has 0 bridgehead atoms. The molecule has 1 heterocycles. The highest BCUT2D eigenvalue weighted by molar-refractivity contribution is 7.12. The predicted octanol–water partition coefficient (Wildman–Crippen LogP) is 2.31. The SMILES string of the molecule is CCCNC(CN)c1ccc(CC)s1. The molecule has 0 saturated heterocycles. The van der Waals surface area contributed by atoms with Gasteiger partial charge < -0.3 is 11.1 Å². The summed E-state index contributed by atoms with van der Waals surface area (Å²) in [6, 6.07) is 4.75. The largest absolute Gasteiger partial charge is 0.329 e. The van der Waals surface area contributed by atoms with Crippen LogP contribution >= 0.6 is 11.3 Å². The lowest BCUT2D eigenvalue weighted by Crippen LogP contribution is -2.27. The molecule has 80 valence electrons. The van der Waals surface area contributed by atoms with E-state index in [0.717, 1.165) is 19.4 Å². The molecule has 0 aliphatic carbocycles. The number of aryl methyl sites for hydroxylation is 1. The van der Waals surface area contributed by atoms with Crippen molar-refractivity contribution in [3.63, 3.8) is 0 Å². The normalized spacial score (nSPS) is 13.1. The molecule has 0 aliphatic heterocycles. The smallest absolute Gasteiger partial charge is 0.0539 e. The number of hydrogen-bond donors (Lipinski definition) is 2. The second-order valence-corrected chi connectivity index (χ2v) is 4.60. The third-order valence-electron chi connectivity index (χ3n) is 2.25. The lowest BCUT2D eigenvalue weighted by atomic mass is 10.2. The van der Waals surface area contributed by atoms with Crippen LogP contribution in [0.2, 0.25) is 0 Å². The molecular formula is C11H20N2S. The number of thiophene rings is 1. The standard InChI is InChI=1S/C11H20N2S/c1-3-7-13-10(8-12)11-6-5-9(4-2)14-11/h5-6,10,13H,3-4,7-8,12H2,1-2H3. The zero-order valence-corrected chi connectivity index (χ0v) is 9.86. The van der Waals surface area contributed by atoms with Crippen molar-refractivity contribution in [2.75, 3.05) is 13.1 Å². The average molecular weight is 212 g/mol. The fourth-order valence-corrected chi connectivity index (χ4v) is 2.43. The van der Waals surface area contributed by atoms with Gasteiger partial charge in [-0.1, -0.05) is 13.8 Å². The van der Waals surface area contributed by atoms with E-state index in [1.54, 1.807) is 0 Å². The number of hydrogen-bond acceptors (Lipinski definition) is 3. The van der Waals surface area contributed by atoms with Gasteiger partial charge in [0, 0.05) is 16.3 Å². The molecule has 1 rings (SSSR count). The highest BCUT2D eigenvalue weighted by atomic mass is 32.1. The zero-order chi connectivity index (χ0) is 10.4. The molecule has 0 spiro atoms. The van der Waals surface area contributed by atoms with E-state index in [9.17, 15) is 0 Å². The van der Waals surface area contributed by atoms with E-state index in [-0.39, 0.29) is 0 Å². The molecule has 0 amide bonds. The Balaban J connectivity index is 2.58. The van der Waals surface area contributed by atoms with E-state index < -0.39 is 0 Å². The van der Waals surface area contributed by atoms with Crippen LogP contribution in [0.25, 0.3) is 0 Å². The second-order valence-electron chi connectivity index (χ2n) is 3.40. The van der Waals surface area contributed by atoms with Crippen LogP contribution in [-0.4, -0.2) is 13.1 Å². The Hall–Kier alpha value is -0.380. The van der Waals surface area contributed by atoms with Crippen LogP contribution in [0, 0.1) is 0 Å². The molecule has 1 aromatic rings. The summed E-state index contributed by atoms with van der Waals surface area (Å²) in [5.74, 6) is 0. The van der Waals surface area contributed by atoms with Crippen molar-refractivity contribution in [3.05, 3.63) is 21.9 Å². The first-order chi connectivity index (χ1) is 6.81. The van der Waals surface area contributed by atoms with Gasteiger partial charge in [-0.05, 0) is 31.5 Å². The van der Waals surface area contributed by atoms with Gasteiger partial charge in [-0.2, -0.15) is 0 Å². The maximum absolute atomic E-state index is 5.74. The van der Waals surface area contributed by atoms with Crippen molar-refractivity contribution in [1.29, 1.82) is 0 Å². The Morgan fingerprint density at radius 1 is 1.43 bits per heavy atom. The van der Waals surface area contributed by atoms with Gasteiger partial charge in [0.15, 0.2) is 0 Å². The fourth-order valence-electron chi connectivity index (χ4n) is 1.39. The van der Waals surface area contributed by atoms with Crippen LogP contribution in [0.5, 0.6) is 0 Å². The summed E-state index contributed by atoms with van der Waals surface area (Å²) in [5, 5.41) is 3.46. The first-order valence-electron chi connectivity index (χ1n) is 5.33. The Labute approximate surface area is 90.5 Å². The van der Waals surface area contributed by atoms with Crippen molar-refractivity contribution >= 4 is 11.3 Å². The molecule has 3 N–H and O–H groups in total. The molecule has 0 radical (unpaired) electrons. The lowest BCUT2D eigenvalue weighted by molar-refractivity contribution is 0.547. The summed E-state index contributed by atoms with van der Waals surface area (Å²) in [5.41, 5.74) is 5.74. The maximum Gasteiger partial charge on any atom is 0.0539 e. The van der Waals surface area contributed by atoms with Crippen LogP contribution in [0.4, 0.5) is 0 Å². The van der Waals surface area contributed by atoms with Gasteiger partial charge in [0.2, 0.25) is 0 Å². The van der Waals surface area contributed by atoms with Gasteiger partial charge in [-0.15, -0.1) is 11.3 Å². The molecular weight excluding hydrogens is 192 g/mol. The number of rotatable bonds is 6. The van der Waals surface area contributed by atoms with E-state index in [4.69, 9.17) is 5.73 Å². The third-order valence-corrected chi connectivity index (χ3v) is 3.59. The summed E-state index contributed by atoms with van der Waals surface area (Å²) in [7, 11) is 0. The molecule has 0 aliphatic rings. The minimum absolute atomic E-state index is 0.347. The molecule has 0 fully saturated rings. The topological polar surface area (TPSA) is 38.0 Å². The van der Waals surface area contributed by atoms with E-state index in [2.05, 4.69) is 31.3 Å². The monoisotopic (exact) mass is 212 g/mol. The minimum Gasteiger partial charge on any atom is -0.329 e. The first kappa shape index (κ1) is 11.7. The number of nitrogens with two attached hydrogens (primary N) is 1. The number of nitrogens with one attached hydrogen (secondary N) is 1. The Morgan fingerprint density at radius 3 is 2.71 bits per heavy atom. The van der Waals surface area contributed by atoms with Crippen LogP contribution in [0.3, 0.4) is 0 Å². The summed E-state index contributed by atoms with van der Waals surface area (Å²) >= 11 is 1.87. The molecule has 1 atom stereocenters. The average Bonchev–Trinajstić information content (AvgIpc) is 2.68. The van der Waals surface area contributed by atoms with E-state index in [1.165, 1.54) is 9.75 Å². The van der Waals surface area contributed by atoms with Crippen molar-refractivity contribution in [1.82, 2.24) is 5.32 Å². The highest BCUT2D eigenvalue weighted by Crippen LogP contribution is 2.23. The molecule has 14 heavy (non-hydrogen) atoms. The van der Waals surface area contributed by atoms with Gasteiger partial charge in [0.25, 0.3) is 0 Å².